The lowest BCUT2D eigenvalue weighted by Gasteiger charge is -2.48. The van der Waals surface area contributed by atoms with Gasteiger partial charge in [-0.2, -0.15) is 0 Å². The van der Waals surface area contributed by atoms with Gasteiger partial charge in [0.1, 0.15) is 23.8 Å². The topological polar surface area (TPSA) is 128 Å². The number of carboxylic acid groups (broad SMARTS) is 1. The number of benzene rings is 1. The van der Waals surface area contributed by atoms with Crippen LogP contribution in [0.4, 0.5) is 14.9 Å². The average molecular weight is 783 g/mol. The first-order chi connectivity index (χ1) is 25.8. The van der Waals surface area contributed by atoms with Gasteiger partial charge in [0.15, 0.2) is 8.32 Å². The highest BCUT2D eigenvalue weighted by Crippen LogP contribution is 2.39. The van der Waals surface area contributed by atoms with Crippen molar-refractivity contribution >= 4 is 31.9 Å². The molecular formula is C40H59FN6O7Si. The lowest BCUT2D eigenvalue weighted by molar-refractivity contribution is -0.122. The first kappa shape index (κ1) is 41.0. The Labute approximate surface area is 325 Å². The minimum atomic E-state index is -2.02. The molecule has 5 atom stereocenters. The van der Waals surface area contributed by atoms with Gasteiger partial charge in [0.25, 0.3) is 5.91 Å². The summed E-state index contributed by atoms with van der Waals surface area (Å²) in [5, 5.41) is 10.1. The Bertz CT molecular complexity index is 1730. The molecule has 0 bridgehead atoms. The number of fused-ring (bicyclic) bond motifs is 1. The van der Waals surface area contributed by atoms with E-state index in [-0.39, 0.29) is 90.3 Å². The van der Waals surface area contributed by atoms with Crippen LogP contribution in [-0.4, -0.2) is 151 Å². The van der Waals surface area contributed by atoms with Gasteiger partial charge in [-0.25, -0.2) is 14.2 Å². The zero-order valence-electron chi connectivity index (χ0n) is 33.9. The maximum absolute atomic E-state index is 14.5. The minimum absolute atomic E-state index is 0.0451. The van der Waals surface area contributed by atoms with E-state index in [9.17, 15) is 23.9 Å². The number of amides is 3. The van der Waals surface area contributed by atoms with Crippen molar-refractivity contribution in [1.29, 1.82) is 0 Å². The van der Waals surface area contributed by atoms with Gasteiger partial charge in [0.05, 0.1) is 31.9 Å². The van der Waals surface area contributed by atoms with Gasteiger partial charge in [-0.1, -0.05) is 32.9 Å². The van der Waals surface area contributed by atoms with Crippen molar-refractivity contribution in [2.24, 2.45) is 0 Å². The number of rotatable bonds is 9. The molecule has 0 radical (unpaired) electrons. The van der Waals surface area contributed by atoms with Crippen molar-refractivity contribution in [2.75, 3.05) is 64.0 Å². The highest BCUT2D eigenvalue weighted by atomic mass is 28.4. The van der Waals surface area contributed by atoms with Crippen LogP contribution in [0.1, 0.15) is 70.1 Å². The molecule has 5 heterocycles. The van der Waals surface area contributed by atoms with Crippen molar-refractivity contribution in [2.45, 2.75) is 109 Å². The summed E-state index contributed by atoms with van der Waals surface area (Å²) < 4.78 is 32.4. The fourth-order valence-electron chi connectivity index (χ4n) is 7.89. The maximum atomic E-state index is 14.5. The van der Waals surface area contributed by atoms with Crippen molar-refractivity contribution in [3.8, 4) is 5.88 Å². The molecule has 6 rings (SSSR count). The monoisotopic (exact) mass is 782 g/mol. The van der Waals surface area contributed by atoms with Gasteiger partial charge in [-0.3, -0.25) is 19.4 Å². The van der Waals surface area contributed by atoms with Gasteiger partial charge in [-0.15, -0.1) is 0 Å². The van der Waals surface area contributed by atoms with E-state index in [1.807, 2.05) is 19.9 Å². The van der Waals surface area contributed by atoms with Crippen molar-refractivity contribution in [1.82, 2.24) is 24.6 Å². The summed E-state index contributed by atoms with van der Waals surface area (Å²) in [4.78, 5) is 55.1. The molecule has 3 amide bonds. The summed E-state index contributed by atoms with van der Waals surface area (Å²) in [5.41, 5.74) is 2.12. The zero-order chi connectivity index (χ0) is 40.0. The van der Waals surface area contributed by atoms with E-state index >= 15 is 0 Å². The van der Waals surface area contributed by atoms with Crippen molar-refractivity contribution < 1.29 is 37.8 Å². The van der Waals surface area contributed by atoms with Crippen LogP contribution in [0.25, 0.3) is 0 Å². The number of anilines is 1. The number of likely N-dealkylation sites (tertiary alicyclic amines) is 1. The standard InChI is InChI=1S/C40H59FN6O7Si/c1-25-16-43(32(18-46(25)39(50)51)17-45-26(2)22-52-23-27(45)3)21-35(48)47-28(4)24-53-37-34(47)15-30(14-29-10-12-31(41)13-11-29)36(42-37)38(49)44-19-33(20-44)54-55(8,9)40(5,6)7/h10-13,15,25-28,32-33H,14,16-24H2,1-9H3,(H,50,51)/t25-,26-,27-,28+,32+/m1/s1. The molecule has 55 heavy (non-hydrogen) atoms. The second-order valence-electron chi connectivity index (χ2n) is 17.6. The fourth-order valence-corrected chi connectivity index (χ4v) is 9.23. The Kier molecular flexibility index (Phi) is 12.0. The second kappa shape index (κ2) is 16.1. The molecule has 4 aliphatic heterocycles. The number of pyridine rings is 1. The van der Waals surface area contributed by atoms with Crippen molar-refractivity contribution in [3.63, 3.8) is 0 Å². The fraction of sp³-hybridized carbons (Fsp3) is 0.650. The normalized spacial score (nSPS) is 25.6. The number of hydrogen-bond donors (Lipinski definition) is 1. The molecule has 15 heteroatoms. The number of nitrogens with zero attached hydrogens (tertiary/aromatic N) is 6. The number of morpholine rings is 1. The highest BCUT2D eigenvalue weighted by molar-refractivity contribution is 6.74. The smallest absolute Gasteiger partial charge is 0.407 e. The average Bonchev–Trinajstić information content (AvgIpc) is 3.08. The minimum Gasteiger partial charge on any atom is -0.474 e. The third-order valence-corrected chi connectivity index (χ3v) is 16.7. The molecule has 4 aliphatic rings. The number of hydrogen-bond acceptors (Lipinski definition) is 9. The molecule has 2 aromatic rings. The van der Waals surface area contributed by atoms with Crippen LogP contribution in [0.15, 0.2) is 30.3 Å². The third-order valence-electron chi connectivity index (χ3n) is 12.2. The number of halogens is 1. The van der Waals surface area contributed by atoms with Gasteiger partial charge in [0.2, 0.25) is 11.8 Å². The highest BCUT2D eigenvalue weighted by Gasteiger charge is 2.44. The summed E-state index contributed by atoms with van der Waals surface area (Å²) in [5.74, 6) is -0.549. The molecule has 0 spiro atoms. The van der Waals surface area contributed by atoms with E-state index in [0.717, 1.165) is 5.56 Å². The first-order valence-electron chi connectivity index (χ1n) is 19.6. The summed E-state index contributed by atoms with van der Waals surface area (Å²) in [6.07, 6.45) is -0.723. The molecule has 3 fully saturated rings. The maximum Gasteiger partial charge on any atom is 0.407 e. The molecule has 1 N–H and O–H groups in total. The Morgan fingerprint density at radius 1 is 0.945 bits per heavy atom. The van der Waals surface area contributed by atoms with E-state index in [4.69, 9.17) is 18.9 Å². The lowest BCUT2D eigenvalue weighted by atomic mass is 10.00. The van der Waals surface area contributed by atoms with E-state index in [1.54, 1.807) is 21.9 Å². The number of ether oxygens (including phenoxy) is 2. The van der Waals surface area contributed by atoms with Crippen LogP contribution >= 0.6 is 0 Å². The summed E-state index contributed by atoms with van der Waals surface area (Å²) in [6, 6.07) is 7.43. The van der Waals surface area contributed by atoms with Crippen LogP contribution in [-0.2, 0) is 20.4 Å². The van der Waals surface area contributed by atoms with E-state index in [1.165, 1.54) is 17.0 Å². The molecule has 1 aromatic carbocycles. The first-order valence-corrected chi connectivity index (χ1v) is 22.5. The lowest BCUT2D eigenvalue weighted by Crippen LogP contribution is -2.65. The number of piperazine rings is 1. The van der Waals surface area contributed by atoms with E-state index in [2.05, 4.69) is 57.5 Å². The molecule has 302 valence electrons. The summed E-state index contributed by atoms with van der Waals surface area (Å²) in [7, 11) is -2.02. The van der Waals surface area contributed by atoms with Crippen LogP contribution in [0.3, 0.4) is 0 Å². The predicted molar refractivity (Wildman–Crippen MR) is 210 cm³/mol. The molecule has 13 nitrogen and oxygen atoms in total. The van der Waals surface area contributed by atoms with Crippen molar-refractivity contribution in [3.05, 3.63) is 53.0 Å². The molecule has 0 unspecified atom stereocenters. The Balaban J connectivity index is 1.27. The molecule has 0 aliphatic carbocycles. The summed E-state index contributed by atoms with van der Waals surface area (Å²) >= 11 is 0. The summed E-state index contributed by atoms with van der Waals surface area (Å²) in [6.45, 7) is 22.6. The zero-order valence-corrected chi connectivity index (χ0v) is 34.9. The largest absolute Gasteiger partial charge is 0.474 e. The Hall–Kier alpha value is -3.63. The van der Waals surface area contributed by atoms with Crippen LogP contribution in [0.5, 0.6) is 5.88 Å². The molecule has 3 saturated heterocycles. The van der Waals surface area contributed by atoms with Gasteiger partial charge in [-0.05, 0) is 81.6 Å². The molecule has 0 saturated carbocycles. The van der Waals surface area contributed by atoms with Crippen LogP contribution in [0, 0.1) is 5.82 Å². The Morgan fingerprint density at radius 2 is 1.60 bits per heavy atom. The quantitative estimate of drug-likeness (QED) is 0.350. The van der Waals surface area contributed by atoms with Crippen LogP contribution < -0.4 is 9.64 Å². The van der Waals surface area contributed by atoms with E-state index < -0.39 is 14.4 Å². The van der Waals surface area contributed by atoms with E-state index in [0.29, 0.717) is 57.1 Å². The Morgan fingerprint density at radius 3 is 2.22 bits per heavy atom. The molecular weight excluding hydrogens is 724 g/mol. The predicted octanol–water partition coefficient (Wildman–Crippen LogP) is 4.93. The number of carbonyl (C=O) groups is 3. The number of aromatic nitrogens is 1. The van der Waals surface area contributed by atoms with Gasteiger partial charge < -0.3 is 33.7 Å². The van der Waals surface area contributed by atoms with Gasteiger partial charge >= 0.3 is 6.09 Å². The SMILES string of the molecule is C[C@@H]1CN(CC(=O)N2c3cc(Cc4ccc(F)cc4)c(C(=O)N4CC(O[Si](C)(C)C(C)(C)C)C4)nc3OC[C@@H]2C)[C@@H](CN2[C@H](C)COC[C@H]2C)CN1C(=O)O. The molecule has 1 aromatic heterocycles. The second-order valence-corrected chi connectivity index (χ2v) is 22.3. The third kappa shape index (κ3) is 8.85. The number of carbonyl (C=O) groups excluding carboxylic acids is 2. The van der Waals surface area contributed by atoms with Crippen LogP contribution in [0.2, 0.25) is 18.1 Å². The van der Waals surface area contributed by atoms with Gasteiger partial charge in [0, 0.05) is 56.9 Å².